The van der Waals surface area contributed by atoms with Gasteiger partial charge in [0.25, 0.3) is 0 Å². The van der Waals surface area contributed by atoms with E-state index in [-0.39, 0.29) is 0 Å². The average Bonchev–Trinajstić information content (AvgIpc) is 2.38. The van der Waals surface area contributed by atoms with Crippen molar-refractivity contribution in [2.45, 2.75) is 13.5 Å². The first-order chi connectivity index (χ1) is 9.06. The third kappa shape index (κ3) is 3.25. The van der Waals surface area contributed by atoms with E-state index in [0.29, 0.717) is 17.9 Å². The summed E-state index contributed by atoms with van der Waals surface area (Å²) in [6.45, 7) is 2.32. The first-order valence-corrected chi connectivity index (χ1v) is 5.94. The fraction of sp³-hybridized carbons (Fsp3) is 0.133. The van der Waals surface area contributed by atoms with Crippen molar-refractivity contribution in [2.24, 2.45) is 5.73 Å². The van der Waals surface area contributed by atoms with Crippen LogP contribution < -0.4 is 16.2 Å². The van der Waals surface area contributed by atoms with E-state index >= 15 is 0 Å². The Morgan fingerprint density at radius 2 is 2.00 bits per heavy atom. The number of carbonyl (C=O) groups excluding carboxylic acids is 1. The highest BCUT2D eigenvalue weighted by molar-refractivity contribution is 5.92. The number of carbonyl (C=O) groups is 1. The van der Waals surface area contributed by atoms with Gasteiger partial charge in [-0.2, -0.15) is 0 Å². The van der Waals surface area contributed by atoms with Crippen molar-refractivity contribution in [1.29, 1.82) is 0 Å². The summed E-state index contributed by atoms with van der Waals surface area (Å²) in [5.41, 5.74) is 14.0. The normalized spacial score (nSPS) is 10.2. The third-order valence-electron chi connectivity index (χ3n) is 2.80. The lowest BCUT2D eigenvalue weighted by atomic mass is 10.1. The molecule has 1 amide bonds. The smallest absolute Gasteiger partial charge is 0.248 e. The fourth-order valence-electron chi connectivity index (χ4n) is 1.81. The zero-order chi connectivity index (χ0) is 13.8. The zero-order valence-electron chi connectivity index (χ0n) is 10.7. The Bertz CT molecular complexity index is 609. The highest BCUT2D eigenvalue weighted by Gasteiger charge is 2.03. The van der Waals surface area contributed by atoms with Crippen LogP contribution in [0.5, 0.6) is 5.75 Å². The summed E-state index contributed by atoms with van der Waals surface area (Å²) in [6, 6.07) is 12.6. The molecule has 0 aliphatic rings. The number of benzene rings is 2. The highest BCUT2D eigenvalue weighted by atomic mass is 16.5. The number of hydrogen-bond donors (Lipinski definition) is 2. The maximum atomic E-state index is 11.1. The summed E-state index contributed by atoms with van der Waals surface area (Å²) >= 11 is 0. The molecule has 4 nitrogen and oxygen atoms in total. The van der Waals surface area contributed by atoms with Gasteiger partial charge in [-0.1, -0.05) is 12.1 Å². The van der Waals surface area contributed by atoms with E-state index < -0.39 is 5.91 Å². The number of primary amides is 1. The Labute approximate surface area is 112 Å². The van der Waals surface area contributed by atoms with Crippen LogP contribution in [0.1, 0.15) is 21.5 Å². The van der Waals surface area contributed by atoms with Gasteiger partial charge in [0.2, 0.25) is 5.91 Å². The first kappa shape index (κ1) is 13.0. The van der Waals surface area contributed by atoms with Gasteiger partial charge >= 0.3 is 0 Å². The summed E-state index contributed by atoms with van der Waals surface area (Å²) in [5.74, 6) is 0.337. The van der Waals surface area contributed by atoms with Gasteiger partial charge in [0.15, 0.2) is 0 Å². The van der Waals surface area contributed by atoms with E-state index in [1.807, 2.05) is 25.1 Å². The van der Waals surface area contributed by atoms with Crippen LogP contribution in [0.3, 0.4) is 0 Å². The maximum absolute atomic E-state index is 11.1. The number of hydrogen-bond acceptors (Lipinski definition) is 3. The molecular weight excluding hydrogens is 240 g/mol. The number of ether oxygens (including phenoxy) is 1. The first-order valence-electron chi connectivity index (χ1n) is 5.94. The minimum absolute atomic E-state index is 0.381. The van der Waals surface area contributed by atoms with E-state index in [1.54, 1.807) is 24.3 Å². The van der Waals surface area contributed by atoms with Gasteiger partial charge in [0, 0.05) is 11.3 Å². The second-order valence-electron chi connectivity index (χ2n) is 4.38. The van der Waals surface area contributed by atoms with Gasteiger partial charge in [0.05, 0.1) is 0 Å². The van der Waals surface area contributed by atoms with Crippen molar-refractivity contribution in [3.8, 4) is 5.75 Å². The number of amides is 1. The topological polar surface area (TPSA) is 78.3 Å². The van der Waals surface area contributed by atoms with Crippen LogP contribution in [0.4, 0.5) is 5.69 Å². The molecule has 0 atom stereocenters. The number of aryl methyl sites for hydroxylation is 1. The molecule has 0 saturated carbocycles. The predicted molar refractivity (Wildman–Crippen MR) is 74.9 cm³/mol. The molecule has 2 aromatic rings. The van der Waals surface area contributed by atoms with Crippen molar-refractivity contribution in [1.82, 2.24) is 0 Å². The lowest BCUT2D eigenvalue weighted by Gasteiger charge is -2.10. The van der Waals surface area contributed by atoms with Crippen LogP contribution in [-0.2, 0) is 6.61 Å². The lowest BCUT2D eigenvalue weighted by molar-refractivity contribution is 0.1000. The zero-order valence-corrected chi connectivity index (χ0v) is 10.7. The molecule has 0 fully saturated rings. The van der Waals surface area contributed by atoms with Crippen molar-refractivity contribution in [3.63, 3.8) is 0 Å². The van der Waals surface area contributed by atoms with Crippen LogP contribution in [0.15, 0.2) is 42.5 Å². The Hall–Kier alpha value is -2.49. The van der Waals surface area contributed by atoms with Gasteiger partial charge in [-0.25, -0.2) is 0 Å². The average molecular weight is 256 g/mol. The van der Waals surface area contributed by atoms with Crippen LogP contribution in [0, 0.1) is 6.92 Å². The molecule has 0 aliphatic carbocycles. The van der Waals surface area contributed by atoms with Gasteiger partial charge < -0.3 is 16.2 Å². The summed E-state index contributed by atoms with van der Waals surface area (Å²) in [5, 5.41) is 0. The van der Waals surface area contributed by atoms with Gasteiger partial charge in [-0.15, -0.1) is 0 Å². The third-order valence-corrected chi connectivity index (χ3v) is 2.80. The summed E-state index contributed by atoms with van der Waals surface area (Å²) < 4.78 is 5.70. The van der Waals surface area contributed by atoms with Gasteiger partial charge in [0.1, 0.15) is 12.4 Å². The minimum Gasteiger partial charge on any atom is -0.489 e. The molecule has 2 rings (SSSR count). The van der Waals surface area contributed by atoms with E-state index in [4.69, 9.17) is 16.2 Å². The second kappa shape index (κ2) is 5.44. The SMILES string of the molecule is Cc1cc(N)ccc1OCc1cccc(C(N)=O)c1. The number of rotatable bonds is 4. The minimum atomic E-state index is -0.439. The predicted octanol–water partition coefficient (Wildman–Crippen LogP) is 2.26. The largest absolute Gasteiger partial charge is 0.489 e. The van der Waals surface area contributed by atoms with Crippen LogP contribution in [0.2, 0.25) is 0 Å². The Morgan fingerprint density at radius 1 is 1.21 bits per heavy atom. The van der Waals surface area contributed by atoms with Crippen molar-refractivity contribution in [3.05, 3.63) is 59.2 Å². The van der Waals surface area contributed by atoms with Crippen molar-refractivity contribution >= 4 is 11.6 Å². The summed E-state index contributed by atoms with van der Waals surface area (Å²) in [4.78, 5) is 11.1. The molecular formula is C15H16N2O2. The molecule has 98 valence electrons. The van der Waals surface area contributed by atoms with Crippen LogP contribution >= 0.6 is 0 Å². The monoisotopic (exact) mass is 256 g/mol. The van der Waals surface area contributed by atoms with E-state index in [9.17, 15) is 4.79 Å². The standard InChI is InChI=1S/C15H16N2O2/c1-10-7-13(16)5-6-14(10)19-9-11-3-2-4-12(8-11)15(17)18/h2-8H,9,16H2,1H3,(H2,17,18). The second-order valence-corrected chi connectivity index (χ2v) is 4.38. The molecule has 0 aromatic heterocycles. The fourth-order valence-corrected chi connectivity index (χ4v) is 1.81. The Kier molecular flexibility index (Phi) is 3.71. The van der Waals surface area contributed by atoms with Crippen molar-refractivity contribution < 1.29 is 9.53 Å². The number of nitrogen functional groups attached to an aromatic ring is 1. The highest BCUT2D eigenvalue weighted by Crippen LogP contribution is 2.21. The molecule has 0 radical (unpaired) electrons. The molecule has 0 saturated heterocycles. The maximum Gasteiger partial charge on any atom is 0.248 e. The van der Waals surface area contributed by atoms with Gasteiger partial charge in [-0.05, 0) is 48.4 Å². The van der Waals surface area contributed by atoms with Gasteiger partial charge in [-0.3, -0.25) is 4.79 Å². The summed E-state index contributed by atoms with van der Waals surface area (Å²) in [6.07, 6.45) is 0. The molecule has 0 spiro atoms. The molecule has 19 heavy (non-hydrogen) atoms. The van der Waals surface area contributed by atoms with Crippen LogP contribution in [0.25, 0.3) is 0 Å². The number of anilines is 1. The molecule has 2 aromatic carbocycles. The molecule has 4 N–H and O–H groups in total. The molecule has 0 bridgehead atoms. The van der Waals surface area contributed by atoms with E-state index in [2.05, 4.69) is 0 Å². The molecule has 0 aliphatic heterocycles. The molecule has 4 heteroatoms. The van der Waals surface area contributed by atoms with E-state index in [0.717, 1.165) is 16.9 Å². The Morgan fingerprint density at radius 3 is 2.68 bits per heavy atom. The van der Waals surface area contributed by atoms with Crippen molar-refractivity contribution in [2.75, 3.05) is 5.73 Å². The number of nitrogens with two attached hydrogens (primary N) is 2. The lowest BCUT2D eigenvalue weighted by Crippen LogP contribution is -2.11. The summed E-state index contributed by atoms with van der Waals surface area (Å²) in [7, 11) is 0. The molecule has 0 heterocycles. The van der Waals surface area contributed by atoms with Crippen LogP contribution in [-0.4, -0.2) is 5.91 Å². The van der Waals surface area contributed by atoms with E-state index in [1.165, 1.54) is 0 Å². The Balaban J connectivity index is 2.10. The molecule has 0 unspecified atom stereocenters. The quantitative estimate of drug-likeness (QED) is 0.823.